The van der Waals surface area contributed by atoms with Gasteiger partial charge in [-0.05, 0) is 56.3 Å². The third-order valence-electron chi connectivity index (χ3n) is 3.71. The first-order valence-corrected chi connectivity index (χ1v) is 8.64. The van der Waals surface area contributed by atoms with Gasteiger partial charge >= 0.3 is 5.97 Å². The summed E-state index contributed by atoms with van der Waals surface area (Å²) in [6, 6.07) is 10.2. The van der Waals surface area contributed by atoms with Gasteiger partial charge in [-0.2, -0.15) is 5.10 Å². The van der Waals surface area contributed by atoms with Gasteiger partial charge in [-0.25, -0.2) is 18.9 Å². The average Bonchev–Trinajstić information content (AvgIpc) is 3.00. The lowest BCUT2D eigenvalue weighted by Gasteiger charge is -2.09. The number of aromatic nitrogens is 3. The highest BCUT2D eigenvalue weighted by Crippen LogP contribution is 2.18. The van der Waals surface area contributed by atoms with Crippen LogP contribution in [0, 0.1) is 19.7 Å². The van der Waals surface area contributed by atoms with Gasteiger partial charge in [-0.3, -0.25) is 4.79 Å². The molecule has 0 saturated carbocycles. The van der Waals surface area contributed by atoms with Gasteiger partial charge in [0.05, 0.1) is 10.7 Å². The Balaban J connectivity index is 1.68. The van der Waals surface area contributed by atoms with E-state index in [4.69, 9.17) is 16.3 Å². The second kappa shape index (κ2) is 8.18. The molecule has 0 radical (unpaired) electrons. The molecule has 0 fully saturated rings. The topological polar surface area (TPSA) is 86.1 Å². The van der Waals surface area contributed by atoms with Crippen molar-refractivity contribution in [1.82, 2.24) is 14.8 Å². The Bertz CT molecular complexity index is 1030. The number of benzene rings is 1. The molecule has 1 aromatic carbocycles. The average molecular weight is 403 g/mol. The summed E-state index contributed by atoms with van der Waals surface area (Å²) in [4.78, 5) is 28.4. The van der Waals surface area contributed by atoms with E-state index in [-0.39, 0.29) is 10.7 Å². The summed E-state index contributed by atoms with van der Waals surface area (Å²) in [5.74, 6) is -1.45. The van der Waals surface area contributed by atoms with Crippen molar-refractivity contribution in [2.75, 3.05) is 11.9 Å². The number of amides is 1. The molecule has 1 amide bonds. The van der Waals surface area contributed by atoms with Crippen molar-refractivity contribution < 1.29 is 18.7 Å². The normalized spacial score (nSPS) is 10.6. The maximum Gasteiger partial charge on any atom is 0.359 e. The number of nitrogens with zero attached hydrogens (tertiary/aromatic N) is 3. The number of hydrogen-bond donors (Lipinski definition) is 1. The molecule has 9 heteroatoms. The van der Waals surface area contributed by atoms with Crippen LogP contribution < -0.4 is 5.32 Å². The first-order chi connectivity index (χ1) is 13.3. The molecule has 0 aliphatic heterocycles. The quantitative estimate of drug-likeness (QED) is 0.660. The van der Waals surface area contributed by atoms with Crippen molar-refractivity contribution in [3.8, 4) is 5.82 Å². The predicted octanol–water partition coefficient (Wildman–Crippen LogP) is 3.47. The Morgan fingerprint density at radius 1 is 1.18 bits per heavy atom. The molecule has 0 atom stereocenters. The zero-order valence-corrected chi connectivity index (χ0v) is 15.8. The third-order valence-corrected chi connectivity index (χ3v) is 4.02. The van der Waals surface area contributed by atoms with Crippen LogP contribution in [0.3, 0.4) is 0 Å². The number of carbonyl (C=O) groups is 2. The summed E-state index contributed by atoms with van der Waals surface area (Å²) >= 11 is 6.05. The lowest BCUT2D eigenvalue weighted by Crippen LogP contribution is -2.21. The van der Waals surface area contributed by atoms with Crippen molar-refractivity contribution in [3.63, 3.8) is 0 Å². The SMILES string of the molecule is Cc1cc(C)n(-c2ccc(Cl)c(C(=O)OCC(=O)Nc3ccc(F)cc3)n2)n1. The van der Waals surface area contributed by atoms with Crippen molar-refractivity contribution in [3.05, 3.63) is 70.4 Å². The summed E-state index contributed by atoms with van der Waals surface area (Å²) in [7, 11) is 0. The van der Waals surface area contributed by atoms with Crippen LogP contribution in [0.1, 0.15) is 21.9 Å². The summed E-state index contributed by atoms with van der Waals surface area (Å²) in [5.41, 5.74) is 1.90. The minimum atomic E-state index is -0.845. The van der Waals surface area contributed by atoms with Crippen LogP contribution >= 0.6 is 11.6 Å². The molecular weight excluding hydrogens is 387 g/mol. The van der Waals surface area contributed by atoms with E-state index in [0.29, 0.717) is 11.5 Å². The van der Waals surface area contributed by atoms with Crippen LogP contribution in [0.2, 0.25) is 5.02 Å². The second-order valence-corrected chi connectivity index (χ2v) is 6.38. The molecule has 2 aromatic heterocycles. The number of nitrogens with one attached hydrogen (secondary N) is 1. The minimum absolute atomic E-state index is 0.0919. The summed E-state index contributed by atoms with van der Waals surface area (Å²) < 4.78 is 19.4. The van der Waals surface area contributed by atoms with Gasteiger partial charge in [0.15, 0.2) is 18.1 Å². The zero-order valence-electron chi connectivity index (χ0n) is 15.1. The smallest absolute Gasteiger partial charge is 0.359 e. The molecule has 0 aliphatic rings. The molecule has 0 saturated heterocycles. The third kappa shape index (κ3) is 4.52. The first-order valence-electron chi connectivity index (χ1n) is 8.26. The van der Waals surface area contributed by atoms with Crippen LogP contribution in [0.5, 0.6) is 0 Å². The number of aryl methyl sites for hydroxylation is 2. The van der Waals surface area contributed by atoms with E-state index in [1.165, 1.54) is 30.3 Å². The summed E-state index contributed by atoms with van der Waals surface area (Å²) in [6.45, 7) is 3.15. The maximum atomic E-state index is 12.9. The van der Waals surface area contributed by atoms with E-state index in [0.717, 1.165) is 11.4 Å². The summed E-state index contributed by atoms with van der Waals surface area (Å²) in [6.07, 6.45) is 0. The highest BCUT2D eigenvalue weighted by Gasteiger charge is 2.18. The lowest BCUT2D eigenvalue weighted by molar-refractivity contribution is -0.119. The van der Waals surface area contributed by atoms with Gasteiger partial charge in [-0.15, -0.1) is 0 Å². The Morgan fingerprint density at radius 3 is 2.54 bits per heavy atom. The van der Waals surface area contributed by atoms with Crippen LogP contribution in [-0.2, 0) is 9.53 Å². The highest BCUT2D eigenvalue weighted by molar-refractivity contribution is 6.33. The van der Waals surface area contributed by atoms with Crippen LogP contribution in [-0.4, -0.2) is 33.2 Å². The van der Waals surface area contributed by atoms with Gasteiger partial charge < -0.3 is 10.1 Å². The fourth-order valence-corrected chi connectivity index (χ4v) is 2.67. The van der Waals surface area contributed by atoms with E-state index >= 15 is 0 Å². The largest absolute Gasteiger partial charge is 0.451 e. The molecule has 0 unspecified atom stereocenters. The molecular formula is C19H16ClFN4O3. The Hall–Kier alpha value is -3.26. The van der Waals surface area contributed by atoms with Crippen molar-refractivity contribution in [2.45, 2.75) is 13.8 Å². The molecule has 28 heavy (non-hydrogen) atoms. The molecule has 0 spiro atoms. The van der Waals surface area contributed by atoms with Crippen LogP contribution in [0.15, 0.2) is 42.5 Å². The monoisotopic (exact) mass is 402 g/mol. The lowest BCUT2D eigenvalue weighted by atomic mass is 10.3. The van der Waals surface area contributed by atoms with Gasteiger partial charge in [0.25, 0.3) is 5.91 Å². The van der Waals surface area contributed by atoms with Crippen LogP contribution in [0.4, 0.5) is 10.1 Å². The standard InChI is InChI=1S/C19H16ClFN4O3/c1-11-9-12(2)25(24-11)16-8-7-15(20)18(23-16)19(27)28-10-17(26)22-14-5-3-13(21)4-6-14/h3-9H,10H2,1-2H3,(H,22,26). The molecule has 1 N–H and O–H groups in total. The Kier molecular flexibility index (Phi) is 5.70. The molecule has 3 aromatic rings. The predicted molar refractivity (Wildman–Crippen MR) is 101 cm³/mol. The minimum Gasteiger partial charge on any atom is -0.451 e. The van der Waals surface area contributed by atoms with Crippen LogP contribution in [0.25, 0.3) is 5.82 Å². The molecule has 0 bridgehead atoms. The molecule has 0 aliphatic carbocycles. The van der Waals surface area contributed by atoms with Crippen molar-refractivity contribution >= 4 is 29.2 Å². The molecule has 7 nitrogen and oxygen atoms in total. The van der Waals surface area contributed by atoms with Gasteiger partial charge in [0.2, 0.25) is 0 Å². The molecule has 144 valence electrons. The number of rotatable bonds is 5. The fourth-order valence-electron chi connectivity index (χ4n) is 2.48. The van der Waals surface area contributed by atoms with E-state index < -0.39 is 24.3 Å². The number of esters is 1. The Morgan fingerprint density at radius 2 is 1.89 bits per heavy atom. The van der Waals surface area contributed by atoms with Gasteiger partial charge in [-0.1, -0.05) is 11.6 Å². The first kappa shape index (κ1) is 19.5. The highest BCUT2D eigenvalue weighted by atomic mass is 35.5. The zero-order chi connectivity index (χ0) is 20.3. The second-order valence-electron chi connectivity index (χ2n) is 5.97. The summed E-state index contributed by atoms with van der Waals surface area (Å²) in [5, 5.41) is 6.89. The fraction of sp³-hybridized carbons (Fsp3) is 0.158. The number of pyridine rings is 1. The molecule has 3 rings (SSSR count). The number of halogens is 2. The van der Waals surface area contributed by atoms with Gasteiger partial charge in [0, 0.05) is 11.4 Å². The van der Waals surface area contributed by atoms with Crippen molar-refractivity contribution in [2.24, 2.45) is 0 Å². The van der Waals surface area contributed by atoms with Gasteiger partial charge in [0.1, 0.15) is 5.82 Å². The van der Waals surface area contributed by atoms with Crippen molar-refractivity contribution in [1.29, 1.82) is 0 Å². The number of carbonyl (C=O) groups excluding carboxylic acids is 2. The van der Waals surface area contributed by atoms with E-state index in [2.05, 4.69) is 15.4 Å². The van der Waals surface area contributed by atoms with E-state index in [9.17, 15) is 14.0 Å². The molecule has 2 heterocycles. The number of anilines is 1. The number of ether oxygens (including phenoxy) is 1. The van der Waals surface area contributed by atoms with E-state index in [1.54, 1.807) is 10.7 Å². The number of hydrogen-bond acceptors (Lipinski definition) is 5. The van der Waals surface area contributed by atoms with E-state index in [1.807, 2.05) is 19.9 Å². The maximum absolute atomic E-state index is 12.9. The Labute approximate surface area is 165 Å².